The van der Waals surface area contributed by atoms with Crippen LogP contribution in [0, 0.1) is 5.92 Å². The molecule has 2 unspecified atom stereocenters. The highest BCUT2D eigenvalue weighted by Gasteiger charge is 2.19. The summed E-state index contributed by atoms with van der Waals surface area (Å²) in [4.78, 5) is 0. The Balaban J connectivity index is 3.90. The highest BCUT2D eigenvalue weighted by atomic mass is 32.2. The minimum absolute atomic E-state index is 0.0425. The Kier molecular flexibility index (Phi) is 7.03. The molecule has 15 heavy (non-hydrogen) atoms. The van der Waals surface area contributed by atoms with Gasteiger partial charge in [0.1, 0.15) is 5.37 Å². The SMILES string of the molecule is NC(CCC(CO)CCCO)S(=O)(=O)O. The van der Waals surface area contributed by atoms with Crippen molar-refractivity contribution in [2.24, 2.45) is 11.7 Å². The topological polar surface area (TPSA) is 121 Å². The lowest BCUT2D eigenvalue weighted by molar-refractivity contribution is 0.192. The predicted molar refractivity (Wildman–Crippen MR) is 55.7 cm³/mol. The van der Waals surface area contributed by atoms with Gasteiger partial charge >= 0.3 is 0 Å². The van der Waals surface area contributed by atoms with Gasteiger partial charge in [-0.2, -0.15) is 8.42 Å². The van der Waals surface area contributed by atoms with E-state index in [-0.39, 0.29) is 25.6 Å². The molecular weight excluding hydrogens is 222 g/mol. The molecule has 0 aliphatic rings. The largest absolute Gasteiger partial charge is 0.396 e. The summed E-state index contributed by atoms with van der Waals surface area (Å²) in [7, 11) is -4.18. The number of rotatable bonds is 8. The molecule has 5 N–H and O–H groups in total. The first-order valence-corrected chi connectivity index (χ1v) is 6.35. The van der Waals surface area contributed by atoms with E-state index >= 15 is 0 Å². The summed E-state index contributed by atoms with van der Waals surface area (Å²) in [5.41, 5.74) is 5.21. The Morgan fingerprint density at radius 3 is 2.13 bits per heavy atom. The molecule has 0 aliphatic carbocycles. The van der Waals surface area contributed by atoms with E-state index < -0.39 is 15.5 Å². The van der Waals surface area contributed by atoms with Crippen molar-refractivity contribution < 1.29 is 23.2 Å². The average Bonchev–Trinajstić information content (AvgIpc) is 2.16. The average molecular weight is 241 g/mol. The standard InChI is InChI=1S/C8H19NO5S/c9-8(15(12,13)14)4-3-7(6-11)2-1-5-10/h7-8,10-11H,1-6,9H2,(H,12,13,14). The second-order valence-electron chi connectivity index (χ2n) is 3.55. The molecule has 0 saturated heterocycles. The van der Waals surface area contributed by atoms with E-state index in [1.807, 2.05) is 0 Å². The third kappa shape index (κ3) is 6.80. The van der Waals surface area contributed by atoms with Crippen LogP contribution in [-0.2, 0) is 10.1 Å². The molecule has 0 rings (SSSR count). The Labute approximate surface area is 89.9 Å². The van der Waals surface area contributed by atoms with Crippen LogP contribution in [0.2, 0.25) is 0 Å². The van der Waals surface area contributed by atoms with Crippen molar-refractivity contribution in [2.45, 2.75) is 31.1 Å². The van der Waals surface area contributed by atoms with Crippen LogP contribution in [0.25, 0.3) is 0 Å². The summed E-state index contributed by atoms with van der Waals surface area (Å²) in [6.07, 6.45) is 1.70. The van der Waals surface area contributed by atoms with Gasteiger partial charge in [-0.1, -0.05) is 0 Å². The monoisotopic (exact) mass is 241 g/mol. The zero-order valence-electron chi connectivity index (χ0n) is 8.54. The van der Waals surface area contributed by atoms with E-state index in [2.05, 4.69) is 0 Å². The summed E-state index contributed by atoms with van der Waals surface area (Å²) in [6, 6.07) is 0. The van der Waals surface area contributed by atoms with E-state index in [1.165, 1.54) is 0 Å². The predicted octanol–water partition coefficient (Wildman–Crippen LogP) is -0.680. The molecule has 2 atom stereocenters. The van der Waals surface area contributed by atoms with Crippen LogP contribution in [0.4, 0.5) is 0 Å². The molecule has 0 spiro atoms. The molecule has 92 valence electrons. The van der Waals surface area contributed by atoms with Gasteiger partial charge in [-0.25, -0.2) is 0 Å². The van der Waals surface area contributed by atoms with Crippen LogP contribution in [0.3, 0.4) is 0 Å². The Bertz CT molecular complexity index is 254. The maximum Gasteiger partial charge on any atom is 0.280 e. The number of aliphatic hydroxyl groups is 2. The molecule has 0 amide bonds. The first kappa shape index (κ1) is 14.8. The van der Waals surface area contributed by atoms with Gasteiger partial charge in [0.15, 0.2) is 0 Å². The van der Waals surface area contributed by atoms with Crippen molar-refractivity contribution in [1.29, 1.82) is 0 Å². The number of nitrogens with two attached hydrogens (primary N) is 1. The van der Waals surface area contributed by atoms with Gasteiger partial charge in [-0.15, -0.1) is 0 Å². The van der Waals surface area contributed by atoms with Gasteiger partial charge in [0.05, 0.1) is 0 Å². The van der Waals surface area contributed by atoms with Crippen molar-refractivity contribution in [1.82, 2.24) is 0 Å². The number of hydrogen-bond donors (Lipinski definition) is 4. The molecule has 0 aromatic rings. The van der Waals surface area contributed by atoms with Crippen LogP contribution in [0.5, 0.6) is 0 Å². The quantitative estimate of drug-likeness (QED) is 0.418. The van der Waals surface area contributed by atoms with Crippen molar-refractivity contribution >= 4 is 10.1 Å². The van der Waals surface area contributed by atoms with Gasteiger partial charge in [0, 0.05) is 13.2 Å². The highest BCUT2D eigenvalue weighted by Crippen LogP contribution is 2.14. The summed E-state index contributed by atoms with van der Waals surface area (Å²) in [5.74, 6) is -0.0788. The maximum atomic E-state index is 10.6. The van der Waals surface area contributed by atoms with Gasteiger partial charge in [-0.3, -0.25) is 4.55 Å². The van der Waals surface area contributed by atoms with Crippen LogP contribution in [-0.4, -0.2) is 41.8 Å². The lowest BCUT2D eigenvalue weighted by Gasteiger charge is -2.15. The first-order chi connectivity index (χ1) is 6.91. The zero-order chi connectivity index (χ0) is 11.9. The molecule has 0 saturated carbocycles. The van der Waals surface area contributed by atoms with Crippen molar-refractivity contribution in [3.8, 4) is 0 Å². The Hall–Kier alpha value is -0.210. The minimum Gasteiger partial charge on any atom is -0.396 e. The third-order valence-electron chi connectivity index (χ3n) is 2.27. The fourth-order valence-electron chi connectivity index (χ4n) is 1.26. The summed E-state index contributed by atoms with van der Waals surface area (Å²) in [5, 5.41) is 16.2. The second-order valence-corrected chi connectivity index (χ2v) is 5.18. The molecule has 0 radical (unpaired) electrons. The van der Waals surface area contributed by atoms with Crippen LogP contribution < -0.4 is 5.73 Å². The molecule has 0 aromatic heterocycles. The summed E-state index contributed by atoms with van der Waals surface area (Å²) in [6.45, 7) is -0.0287. The highest BCUT2D eigenvalue weighted by molar-refractivity contribution is 7.86. The number of hydrogen-bond acceptors (Lipinski definition) is 5. The fraction of sp³-hybridized carbons (Fsp3) is 1.00. The Morgan fingerprint density at radius 2 is 1.73 bits per heavy atom. The van der Waals surface area contributed by atoms with Crippen molar-refractivity contribution in [3.63, 3.8) is 0 Å². The van der Waals surface area contributed by atoms with E-state index in [4.69, 9.17) is 20.5 Å². The normalized spacial score (nSPS) is 16.3. The van der Waals surface area contributed by atoms with E-state index in [0.29, 0.717) is 19.3 Å². The van der Waals surface area contributed by atoms with Crippen molar-refractivity contribution in [2.75, 3.05) is 13.2 Å². The molecular formula is C8H19NO5S. The van der Waals surface area contributed by atoms with Crippen molar-refractivity contribution in [3.05, 3.63) is 0 Å². The molecule has 0 aliphatic heterocycles. The van der Waals surface area contributed by atoms with Crippen LogP contribution in [0.15, 0.2) is 0 Å². The maximum absolute atomic E-state index is 10.6. The van der Waals surface area contributed by atoms with Gasteiger partial charge in [-0.05, 0) is 31.6 Å². The molecule has 7 heteroatoms. The summed E-state index contributed by atoms with van der Waals surface area (Å²) < 4.78 is 29.7. The second kappa shape index (κ2) is 7.13. The van der Waals surface area contributed by atoms with Gasteiger partial charge in [0.2, 0.25) is 0 Å². The van der Waals surface area contributed by atoms with Gasteiger partial charge < -0.3 is 15.9 Å². The van der Waals surface area contributed by atoms with E-state index in [9.17, 15) is 8.42 Å². The number of aliphatic hydroxyl groups excluding tert-OH is 2. The molecule has 0 heterocycles. The van der Waals surface area contributed by atoms with E-state index in [0.717, 1.165) is 0 Å². The van der Waals surface area contributed by atoms with Crippen LogP contribution >= 0.6 is 0 Å². The molecule has 0 aromatic carbocycles. The van der Waals surface area contributed by atoms with Crippen LogP contribution in [0.1, 0.15) is 25.7 Å². The lowest BCUT2D eigenvalue weighted by Crippen LogP contribution is -2.30. The van der Waals surface area contributed by atoms with Gasteiger partial charge in [0.25, 0.3) is 10.1 Å². The molecule has 0 bridgehead atoms. The zero-order valence-corrected chi connectivity index (χ0v) is 9.36. The smallest absolute Gasteiger partial charge is 0.280 e. The molecule has 6 nitrogen and oxygen atoms in total. The molecule has 0 fully saturated rings. The minimum atomic E-state index is -4.18. The third-order valence-corrected chi connectivity index (χ3v) is 3.27. The van der Waals surface area contributed by atoms with E-state index in [1.54, 1.807) is 0 Å². The Morgan fingerprint density at radius 1 is 1.13 bits per heavy atom. The first-order valence-electron chi connectivity index (χ1n) is 4.85. The lowest BCUT2D eigenvalue weighted by atomic mass is 9.99. The fourth-order valence-corrected chi connectivity index (χ4v) is 1.69. The summed E-state index contributed by atoms with van der Waals surface area (Å²) >= 11 is 0.